The van der Waals surface area contributed by atoms with Gasteiger partial charge in [-0.1, -0.05) is 24.3 Å². The van der Waals surface area contributed by atoms with E-state index >= 15 is 0 Å². The average Bonchev–Trinajstić information content (AvgIpc) is 2.83. The number of hydrogen-bond donors (Lipinski definition) is 0. The van der Waals surface area contributed by atoms with Crippen LogP contribution < -0.4 is 0 Å². The van der Waals surface area contributed by atoms with Crippen molar-refractivity contribution in [1.82, 2.24) is 0 Å². The highest BCUT2D eigenvalue weighted by Gasteiger charge is 2.21. The molecule has 2 rings (SSSR count). The summed E-state index contributed by atoms with van der Waals surface area (Å²) in [4.78, 5) is 11.7. The van der Waals surface area contributed by atoms with E-state index < -0.39 is 16.1 Å². The third kappa shape index (κ3) is 2.72. The lowest BCUT2D eigenvalue weighted by Crippen LogP contribution is -2.12. The Morgan fingerprint density at radius 2 is 1.76 bits per heavy atom. The number of benzene rings is 1. The minimum atomic E-state index is -4.03. The maximum absolute atomic E-state index is 11.7. The minimum absolute atomic E-state index is 0.0371. The smallest absolute Gasteiger partial charge is 0.337 e. The summed E-state index contributed by atoms with van der Waals surface area (Å²) < 4.78 is 27.9. The second-order valence-corrected chi connectivity index (χ2v) is 5.61. The van der Waals surface area contributed by atoms with Crippen molar-refractivity contribution >= 4 is 27.4 Å². The monoisotopic (exact) mass is 268 g/mol. The van der Waals surface area contributed by atoms with Crippen LogP contribution in [0.2, 0.25) is 0 Å². The van der Waals surface area contributed by atoms with Gasteiger partial charge < -0.3 is 4.18 Å². The number of hydrogen-bond acceptors (Lipinski definition) is 5. The van der Waals surface area contributed by atoms with Crippen molar-refractivity contribution in [3.8, 4) is 0 Å². The summed E-state index contributed by atoms with van der Waals surface area (Å²) in [6.45, 7) is 0. The van der Waals surface area contributed by atoms with Gasteiger partial charge >= 0.3 is 16.1 Å². The molecule has 0 radical (unpaired) electrons. The normalized spacial score (nSPS) is 11.1. The van der Waals surface area contributed by atoms with E-state index in [1.54, 1.807) is 29.6 Å². The molecule has 2 aromatic rings. The van der Waals surface area contributed by atoms with E-state index in [1.165, 1.54) is 18.2 Å². The van der Waals surface area contributed by atoms with Gasteiger partial charge in [0, 0.05) is 0 Å². The third-order valence-electron chi connectivity index (χ3n) is 1.94. The molecule has 17 heavy (non-hydrogen) atoms. The Bertz CT molecular complexity index is 600. The Balaban J connectivity index is 2.22. The standard InChI is InChI=1S/C11H8O4S2/c12-11(10-7-4-8-16-10)15-17(13,14)9-5-2-1-3-6-9/h1-8H. The Hall–Kier alpha value is -1.66. The van der Waals surface area contributed by atoms with Crippen LogP contribution >= 0.6 is 11.3 Å². The molecule has 1 aromatic carbocycles. The molecule has 0 N–H and O–H groups in total. The zero-order valence-electron chi connectivity index (χ0n) is 8.57. The lowest BCUT2D eigenvalue weighted by Gasteiger charge is -2.03. The quantitative estimate of drug-likeness (QED) is 0.801. The summed E-state index contributed by atoms with van der Waals surface area (Å²) in [5.74, 6) is -0.858. The third-order valence-corrected chi connectivity index (χ3v) is 4.01. The molecule has 1 heterocycles. The second-order valence-electron chi connectivity index (χ2n) is 3.12. The molecule has 0 saturated carbocycles. The van der Waals surface area contributed by atoms with E-state index in [4.69, 9.17) is 0 Å². The van der Waals surface area contributed by atoms with Crippen LogP contribution in [-0.4, -0.2) is 14.4 Å². The first-order valence-corrected chi connectivity index (χ1v) is 6.96. The molecule has 0 fully saturated rings. The summed E-state index contributed by atoms with van der Waals surface area (Å²) in [6.07, 6.45) is 0. The van der Waals surface area contributed by atoms with Crippen molar-refractivity contribution in [3.05, 3.63) is 52.7 Å². The van der Waals surface area contributed by atoms with Crippen molar-refractivity contribution < 1.29 is 17.4 Å². The minimum Gasteiger partial charge on any atom is -0.337 e. The van der Waals surface area contributed by atoms with Gasteiger partial charge in [0.25, 0.3) is 0 Å². The van der Waals surface area contributed by atoms with Crippen molar-refractivity contribution in [2.45, 2.75) is 4.90 Å². The Morgan fingerprint density at radius 3 is 2.35 bits per heavy atom. The van der Waals surface area contributed by atoms with Gasteiger partial charge in [0.15, 0.2) is 0 Å². The van der Waals surface area contributed by atoms with Gasteiger partial charge in [0.05, 0.1) is 0 Å². The van der Waals surface area contributed by atoms with E-state index in [-0.39, 0.29) is 9.77 Å². The molecule has 0 atom stereocenters. The largest absolute Gasteiger partial charge is 0.364 e. The van der Waals surface area contributed by atoms with Gasteiger partial charge in [-0.3, -0.25) is 0 Å². The first-order chi connectivity index (χ1) is 8.09. The van der Waals surface area contributed by atoms with Crippen LogP contribution in [0.3, 0.4) is 0 Å². The average molecular weight is 268 g/mol. The number of thiophene rings is 1. The lowest BCUT2D eigenvalue weighted by atomic mass is 10.4. The van der Waals surface area contributed by atoms with E-state index in [0.29, 0.717) is 0 Å². The first-order valence-electron chi connectivity index (χ1n) is 4.67. The molecule has 6 heteroatoms. The van der Waals surface area contributed by atoms with Gasteiger partial charge in [-0.15, -0.1) is 11.3 Å². The zero-order chi connectivity index (χ0) is 12.3. The van der Waals surface area contributed by atoms with Gasteiger partial charge in [-0.25, -0.2) is 4.79 Å². The second kappa shape index (κ2) is 4.68. The topological polar surface area (TPSA) is 60.4 Å². The van der Waals surface area contributed by atoms with Crippen molar-refractivity contribution in [3.63, 3.8) is 0 Å². The van der Waals surface area contributed by atoms with Crippen LogP contribution in [0, 0.1) is 0 Å². The molecule has 0 aliphatic rings. The maximum atomic E-state index is 11.7. The highest BCUT2D eigenvalue weighted by atomic mass is 32.2. The molecule has 0 aliphatic heterocycles. The molecule has 0 saturated heterocycles. The maximum Gasteiger partial charge on any atom is 0.364 e. The van der Waals surface area contributed by atoms with Crippen LogP contribution in [0.25, 0.3) is 0 Å². The van der Waals surface area contributed by atoms with Crippen molar-refractivity contribution in [1.29, 1.82) is 0 Å². The summed E-state index contributed by atoms with van der Waals surface area (Å²) >= 11 is 1.13. The van der Waals surface area contributed by atoms with Gasteiger partial charge in [-0.05, 0) is 23.6 Å². The van der Waals surface area contributed by atoms with Crippen LogP contribution in [0.15, 0.2) is 52.7 Å². The SMILES string of the molecule is O=C(OS(=O)(=O)c1ccccc1)c1cccs1. The molecule has 0 amide bonds. The van der Waals surface area contributed by atoms with Crippen LogP contribution in [0.4, 0.5) is 0 Å². The molecular weight excluding hydrogens is 260 g/mol. The lowest BCUT2D eigenvalue weighted by molar-refractivity contribution is 0.0752. The summed E-state index contributed by atoms with van der Waals surface area (Å²) in [5, 5.41) is 1.67. The molecule has 0 spiro atoms. The fourth-order valence-electron chi connectivity index (χ4n) is 1.17. The Kier molecular flexibility index (Phi) is 3.26. The van der Waals surface area contributed by atoms with Crippen molar-refractivity contribution in [2.75, 3.05) is 0 Å². The zero-order valence-corrected chi connectivity index (χ0v) is 10.2. The summed E-state index contributed by atoms with van der Waals surface area (Å²) in [7, 11) is -4.03. The van der Waals surface area contributed by atoms with Gasteiger partial charge in [-0.2, -0.15) is 8.42 Å². The Labute approximate surface area is 103 Å². The number of rotatable bonds is 3. The fraction of sp³-hybridized carbons (Fsp3) is 0. The van der Waals surface area contributed by atoms with E-state index in [1.807, 2.05) is 0 Å². The Morgan fingerprint density at radius 1 is 1.06 bits per heavy atom. The number of carbonyl (C=O) groups excluding carboxylic acids is 1. The van der Waals surface area contributed by atoms with Crippen LogP contribution in [0.5, 0.6) is 0 Å². The molecule has 0 bridgehead atoms. The highest BCUT2D eigenvalue weighted by molar-refractivity contribution is 7.87. The van der Waals surface area contributed by atoms with E-state index in [2.05, 4.69) is 4.18 Å². The predicted molar refractivity (Wildman–Crippen MR) is 63.4 cm³/mol. The van der Waals surface area contributed by atoms with Gasteiger partial charge in [0.2, 0.25) is 0 Å². The summed E-state index contributed by atoms with van der Waals surface area (Å²) in [5.41, 5.74) is 0. The molecule has 0 unspecified atom stereocenters. The molecule has 88 valence electrons. The van der Waals surface area contributed by atoms with Crippen LogP contribution in [-0.2, 0) is 14.3 Å². The molecular formula is C11H8O4S2. The van der Waals surface area contributed by atoms with Gasteiger partial charge in [0.1, 0.15) is 9.77 Å². The first kappa shape index (κ1) is 11.8. The van der Waals surface area contributed by atoms with Crippen molar-refractivity contribution in [2.24, 2.45) is 0 Å². The predicted octanol–water partition coefficient (Wildman–Crippen LogP) is 2.29. The van der Waals surface area contributed by atoms with Crippen LogP contribution in [0.1, 0.15) is 9.67 Å². The molecule has 1 aromatic heterocycles. The number of carbonyl (C=O) groups is 1. The summed E-state index contributed by atoms with van der Waals surface area (Å²) in [6, 6.07) is 10.7. The molecule has 4 nitrogen and oxygen atoms in total. The highest BCUT2D eigenvalue weighted by Crippen LogP contribution is 2.16. The van der Waals surface area contributed by atoms with E-state index in [0.717, 1.165) is 11.3 Å². The fourth-order valence-corrected chi connectivity index (χ4v) is 2.70. The van der Waals surface area contributed by atoms with E-state index in [9.17, 15) is 13.2 Å². The molecule has 0 aliphatic carbocycles.